The summed E-state index contributed by atoms with van der Waals surface area (Å²) < 4.78 is 27.3. The van der Waals surface area contributed by atoms with Crippen molar-refractivity contribution in [3.8, 4) is 0 Å². The fraction of sp³-hybridized carbons (Fsp3) is 0.316. The molecule has 0 radical (unpaired) electrons. The van der Waals surface area contributed by atoms with E-state index in [1.165, 1.54) is 0 Å². The minimum atomic E-state index is -3.42. The van der Waals surface area contributed by atoms with E-state index >= 15 is 0 Å². The quantitative estimate of drug-likeness (QED) is 0.863. The van der Waals surface area contributed by atoms with Gasteiger partial charge in [0.15, 0.2) is 0 Å². The molecule has 1 N–H and O–H groups in total. The van der Waals surface area contributed by atoms with E-state index < -0.39 is 10.0 Å². The van der Waals surface area contributed by atoms with Crippen molar-refractivity contribution in [1.29, 1.82) is 0 Å². The summed E-state index contributed by atoms with van der Waals surface area (Å²) >= 11 is 0. The van der Waals surface area contributed by atoms with Gasteiger partial charge >= 0.3 is 0 Å². The number of hydrogen-bond donors (Lipinski definition) is 1. The van der Waals surface area contributed by atoms with Gasteiger partial charge in [0.2, 0.25) is 15.9 Å². The standard InChI is InChI=1S/C19H22N2O3S/c1-2-21-18-10-9-17(14-16(18)8-11-19(21)22)20-25(23,24)13-12-15-6-4-3-5-7-15/h3-7,9-10,14,20H,2,8,11-13H2,1H3. The van der Waals surface area contributed by atoms with Crippen LogP contribution in [-0.2, 0) is 27.7 Å². The number of aryl methyl sites for hydroxylation is 2. The zero-order chi connectivity index (χ0) is 17.9. The van der Waals surface area contributed by atoms with Crippen molar-refractivity contribution < 1.29 is 13.2 Å². The molecule has 0 saturated heterocycles. The minimum Gasteiger partial charge on any atom is -0.312 e. The zero-order valence-electron chi connectivity index (χ0n) is 14.2. The third-order valence-corrected chi connectivity index (χ3v) is 5.66. The molecule has 3 rings (SSSR count). The number of amides is 1. The molecule has 0 unspecified atom stereocenters. The SMILES string of the molecule is CCN1C(=O)CCc2cc(NS(=O)(=O)CCc3ccccc3)ccc21. The summed E-state index contributed by atoms with van der Waals surface area (Å²) in [6.07, 6.45) is 1.58. The van der Waals surface area contributed by atoms with Crippen LogP contribution in [0.5, 0.6) is 0 Å². The molecule has 0 atom stereocenters. The van der Waals surface area contributed by atoms with Crippen molar-refractivity contribution in [2.75, 3.05) is 21.9 Å². The summed E-state index contributed by atoms with van der Waals surface area (Å²) in [4.78, 5) is 13.7. The van der Waals surface area contributed by atoms with Gasteiger partial charge in [0.1, 0.15) is 0 Å². The summed E-state index contributed by atoms with van der Waals surface area (Å²) in [6, 6.07) is 14.9. The Morgan fingerprint density at radius 3 is 2.56 bits per heavy atom. The van der Waals surface area contributed by atoms with Crippen LogP contribution in [0.1, 0.15) is 24.5 Å². The number of nitrogens with one attached hydrogen (secondary N) is 1. The molecule has 2 aromatic carbocycles. The second kappa shape index (κ2) is 7.27. The average Bonchev–Trinajstić information content (AvgIpc) is 2.61. The number of sulfonamides is 1. The van der Waals surface area contributed by atoms with Gasteiger partial charge in [-0.05, 0) is 49.1 Å². The van der Waals surface area contributed by atoms with E-state index in [1.54, 1.807) is 11.0 Å². The topological polar surface area (TPSA) is 66.5 Å². The molecule has 25 heavy (non-hydrogen) atoms. The van der Waals surface area contributed by atoms with Gasteiger partial charge in [0.25, 0.3) is 0 Å². The fourth-order valence-electron chi connectivity index (χ4n) is 3.10. The lowest BCUT2D eigenvalue weighted by atomic mass is 10.0. The molecule has 0 saturated carbocycles. The van der Waals surface area contributed by atoms with Gasteiger partial charge in [-0.15, -0.1) is 0 Å². The van der Waals surface area contributed by atoms with Crippen LogP contribution in [0.25, 0.3) is 0 Å². The molecular weight excluding hydrogens is 336 g/mol. The van der Waals surface area contributed by atoms with Gasteiger partial charge in [-0.1, -0.05) is 30.3 Å². The molecule has 2 aromatic rings. The van der Waals surface area contributed by atoms with Crippen LogP contribution < -0.4 is 9.62 Å². The van der Waals surface area contributed by atoms with Crippen LogP contribution >= 0.6 is 0 Å². The van der Waals surface area contributed by atoms with E-state index in [0.717, 1.165) is 16.8 Å². The first kappa shape index (κ1) is 17.5. The molecule has 5 nitrogen and oxygen atoms in total. The summed E-state index contributed by atoms with van der Waals surface area (Å²) in [5.74, 6) is 0.152. The third-order valence-electron chi connectivity index (χ3n) is 4.37. The second-order valence-corrected chi connectivity index (χ2v) is 7.98. The maximum atomic E-state index is 12.3. The van der Waals surface area contributed by atoms with Crippen LogP contribution in [0.3, 0.4) is 0 Å². The van der Waals surface area contributed by atoms with Crippen molar-refractivity contribution in [1.82, 2.24) is 0 Å². The maximum absolute atomic E-state index is 12.3. The molecule has 6 heteroatoms. The Labute approximate surface area is 148 Å². The normalized spacial score (nSPS) is 14.3. The Morgan fingerprint density at radius 2 is 1.84 bits per heavy atom. The summed E-state index contributed by atoms with van der Waals surface area (Å²) in [5, 5.41) is 0. The van der Waals surface area contributed by atoms with Crippen LogP contribution in [0, 0.1) is 0 Å². The monoisotopic (exact) mass is 358 g/mol. The minimum absolute atomic E-state index is 0.0354. The fourth-order valence-corrected chi connectivity index (χ4v) is 4.19. The molecule has 1 heterocycles. The van der Waals surface area contributed by atoms with Crippen molar-refractivity contribution >= 4 is 27.3 Å². The summed E-state index contributed by atoms with van der Waals surface area (Å²) in [6.45, 7) is 2.56. The molecule has 132 valence electrons. The van der Waals surface area contributed by atoms with Gasteiger partial charge < -0.3 is 4.90 Å². The lowest BCUT2D eigenvalue weighted by Gasteiger charge is -2.28. The average molecular weight is 358 g/mol. The first-order valence-corrected chi connectivity index (χ1v) is 10.1. The van der Waals surface area contributed by atoms with Crippen LogP contribution in [0.2, 0.25) is 0 Å². The van der Waals surface area contributed by atoms with E-state index in [0.29, 0.717) is 31.5 Å². The zero-order valence-corrected chi connectivity index (χ0v) is 15.1. The van der Waals surface area contributed by atoms with E-state index in [1.807, 2.05) is 49.4 Å². The highest BCUT2D eigenvalue weighted by Crippen LogP contribution is 2.30. The maximum Gasteiger partial charge on any atom is 0.233 e. The van der Waals surface area contributed by atoms with Gasteiger partial charge in [0, 0.05) is 24.3 Å². The van der Waals surface area contributed by atoms with Crippen LogP contribution in [0.15, 0.2) is 48.5 Å². The molecular formula is C19H22N2O3S. The first-order chi connectivity index (χ1) is 12.0. The van der Waals surface area contributed by atoms with Gasteiger partial charge in [-0.2, -0.15) is 0 Å². The predicted molar refractivity (Wildman–Crippen MR) is 100 cm³/mol. The summed E-state index contributed by atoms with van der Waals surface area (Å²) in [7, 11) is -3.42. The lowest BCUT2D eigenvalue weighted by Crippen LogP contribution is -2.34. The molecule has 0 aromatic heterocycles. The van der Waals surface area contributed by atoms with Crippen molar-refractivity contribution in [2.24, 2.45) is 0 Å². The van der Waals surface area contributed by atoms with Gasteiger partial charge in [-0.25, -0.2) is 8.42 Å². The second-order valence-electron chi connectivity index (χ2n) is 6.14. The molecule has 1 amide bonds. The van der Waals surface area contributed by atoms with Gasteiger partial charge in [-0.3, -0.25) is 9.52 Å². The predicted octanol–water partition coefficient (Wildman–Crippen LogP) is 2.97. The number of hydrogen-bond acceptors (Lipinski definition) is 3. The smallest absolute Gasteiger partial charge is 0.233 e. The van der Waals surface area contributed by atoms with Crippen molar-refractivity contribution in [3.63, 3.8) is 0 Å². The molecule has 0 aliphatic carbocycles. The summed E-state index contributed by atoms with van der Waals surface area (Å²) in [5.41, 5.74) is 3.43. The number of fused-ring (bicyclic) bond motifs is 1. The number of benzene rings is 2. The lowest BCUT2D eigenvalue weighted by molar-refractivity contribution is -0.118. The number of nitrogens with zero attached hydrogens (tertiary/aromatic N) is 1. The first-order valence-electron chi connectivity index (χ1n) is 8.46. The molecule has 0 fully saturated rings. The number of rotatable bonds is 6. The van der Waals surface area contributed by atoms with Crippen LogP contribution in [0.4, 0.5) is 11.4 Å². The van der Waals surface area contributed by atoms with Gasteiger partial charge in [0.05, 0.1) is 5.75 Å². The molecule has 1 aliphatic heterocycles. The number of carbonyl (C=O) groups is 1. The van der Waals surface area contributed by atoms with Crippen molar-refractivity contribution in [3.05, 3.63) is 59.7 Å². The Bertz CT molecular complexity index is 863. The largest absolute Gasteiger partial charge is 0.312 e. The highest BCUT2D eigenvalue weighted by Gasteiger charge is 2.23. The third kappa shape index (κ3) is 4.20. The Hall–Kier alpha value is -2.34. The Balaban J connectivity index is 1.71. The Morgan fingerprint density at radius 1 is 1.08 bits per heavy atom. The van der Waals surface area contributed by atoms with E-state index in [-0.39, 0.29) is 11.7 Å². The number of carbonyl (C=O) groups excluding carboxylic acids is 1. The molecule has 0 spiro atoms. The highest BCUT2D eigenvalue weighted by molar-refractivity contribution is 7.92. The van der Waals surface area contributed by atoms with E-state index in [9.17, 15) is 13.2 Å². The van der Waals surface area contributed by atoms with Crippen LogP contribution in [-0.4, -0.2) is 26.6 Å². The molecule has 1 aliphatic rings. The van der Waals surface area contributed by atoms with E-state index in [2.05, 4.69) is 4.72 Å². The molecule has 0 bridgehead atoms. The van der Waals surface area contributed by atoms with E-state index in [4.69, 9.17) is 0 Å². The Kier molecular flexibility index (Phi) is 5.08. The highest BCUT2D eigenvalue weighted by atomic mass is 32.2. The van der Waals surface area contributed by atoms with Crippen molar-refractivity contribution in [2.45, 2.75) is 26.2 Å². The number of anilines is 2.